The first-order chi connectivity index (χ1) is 12.7. The second-order valence-corrected chi connectivity index (χ2v) is 6.53. The molecule has 0 spiro atoms. The Kier molecular flexibility index (Phi) is 4.39. The maximum Gasteiger partial charge on any atom is 0.193 e. The van der Waals surface area contributed by atoms with Crippen LogP contribution in [0.1, 0.15) is 28.9 Å². The van der Waals surface area contributed by atoms with Gasteiger partial charge in [-0.05, 0) is 61.1 Å². The minimum atomic E-state index is 0.414. The van der Waals surface area contributed by atoms with Gasteiger partial charge in [0.1, 0.15) is 11.6 Å². The number of pyridine rings is 1. The lowest BCUT2D eigenvalue weighted by atomic mass is 10.1. The molecule has 1 aliphatic carbocycles. The largest absolute Gasteiger partial charge is 0.370 e. The Labute approximate surface area is 152 Å². The molecule has 3 N–H and O–H groups in total. The zero-order valence-corrected chi connectivity index (χ0v) is 14.8. The summed E-state index contributed by atoms with van der Waals surface area (Å²) >= 11 is 0. The van der Waals surface area contributed by atoms with Gasteiger partial charge in [0.2, 0.25) is 0 Å². The van der Waals surface area contributed by atoms with E-state index < -0.39 is 0 Å². The summed E-state index contributed by atoms with van der Waals surface area (Å²) in [6, 6.07) is 10.4. The number of hydrogen-bond acceptors (Lipinski definition) is 3. The maximum absolute atomic E-state index is 6.03. The topological polar surface area (TPSA) is 81.1 Å². The van der Waals surface area contributed by atoms with E-state index in [1.165, 1.54) is 24.0 Å². The molecule has 0 atom stereocenters. The van der Waals surface area contributed by atoms with Crippen molar-refractivity contribution in [3.8, 4) is 5.82 Å². The van der Waals surface area contributed by atoms with Crippen molar-refractivity contribution in [3.63, 3.8) is 0 Å². The first-order valence-electron chi connectivity index (χ1n) is 8.83. The molecule has 0 fully saturated rings. The molecule has 132 valence electrons. The fraction of sp³-hybridized carbons (Fsp3) is 0.250. The lowest BCUT2D eigenvalue weighted by molar-refractivity contribution is 0.912. The molecule has 3 aromatic rings. The Bertz CT molecular complexity index is 939. The van der Waals surface area contributed by atoms with Gasteiger partial charge in [-0.1, -0.05) is 12.1 Å². The van der Waals surface area contributed by atoms with Crippen LogP contribution >= 0.6 is 0 Å². The first-order valence-corrected chi connectivity index (χ1v) is 8.83. The molecule has 1 aromatic carbocycles. The Morgan fingerprint density at radius 3 is 2.85 bits per heavy atom. The molecular formula is C20H22N6. The van der Waals surface area contributed by atoms with Gasteiger partial charge in [-0.3, -0.25) is 4.57 Å². The number of anilines is 1. The summed E-state index contributed by atoms with van der Waals surface area (Å²) in [5.41, 5.74) is 10.9. The number of rotatable bonds is 4. The van der Waals surface area contributed by atoms with Crippen LogP contribution in [0, 0.1) is 6.92 Å². The van der Waals surface area contributed by atoms with Crippen molar-refractivity contribution >= 4 is 11.6 Å². The van der Waals surface area contributed by atoms with E-state index in [9.17, 15) is 0 Å². The quantitative estimate of drug-likeness (QED) is 0.562. The summed E-state index contributed by atoms with van der Waals surface area (Å²) in [6.07, 6.45) is 9.05. The number of nitrogens with one attached hydrogen (secondary N) is 1. The van der Waals surface area contributed by atoms with Crippen LogP contribution in [-0.2, 0) is 19.4 Å². The van der Waals surface area contributed by atoms with E-state index in [1.54, 1.807) is 6.20 Å². The van der Waals surface area contributed by atoms with Crippen molar-refractivity contribution < 1.29 is 0 Å². The van der Waals surface area contributed by atoms with E-state index in [1.807, 2.05) is 36.0 Å². The molecular weight excluding hydrogens is 324 g/mol. The number of guanidine groups is 1. The number of aromatic nitrogens is 3. The van der Waals surface area contributed by atoms with Gasteiger partial charge in [-0.25, -0.2) is 15.0 Å². The van der Waals surface area contributed by atoms with Crippen LogP contribution in [0.5, 0.6) is 0 Å². The lowest BCUT2D eigenvalue weighted by Gasteiger charge is -2.08. The molecule has 4 rings (SSSR count). The smallest absolute Gasteiger partial charge is 0.193 e. The highest BCUT2D eigenvalue weighted by Crippen LogP contribution is 2.24. The Morgan fingerprint density at radius 2 is 2.08 bits per heavy atom. The third-order valence-electron chi connectivity index (χ3n) is 4.68. The van der Waals surface area contributed by atoms with Crippen molar-refractivity contribution in [1.29, 1.82) is 0 Å². The number of fused-ring (bicyclic) bond motifs is 1. The SMILES string of the molecule is Cc1nccn1-c1ccc(CN=C(N)Nc2ccc3c(c2)CCC3)cn1. The summed E-state index contributed by atoms with van der Waals surface area (Å²) in [5.74, 6) is 2.17. The highest BCUT2D eigenvalue weighted by atomic mass is 15.1. The first kappa shape index (κ1) is 16.3. The average molecular weight is 346 g/mol. The van der Waals surface area contributed by atoms with Gasteiger partial charge in [0.15, 0.2) is 5.96 Å². The normalized spacial score (nSPS) is 13.7. The molecule has 0 radical (unpaired) electrons. The molecule has 0 amide bonds. The van der Waals surface area contributed by atoms with Gasteiger partial charge >= 0.3 is 0 Å². The Balaban J connectivity index is 1.40. The lowest BCUT2D eigenvalue weighted by Crippen LogP contribution is -2.22. The van der Waals surface area contributed by atoms with Crippen LogP contribution in [0.15, 0.2) is 53.9 Å². The molecule has 0 saturated carbocycles. The molecule has 1 aliphatic rings. The zero-order valence-electron chi connectivity index (χ0n) is 14.8. The summed E-state index contributed by atoms with van der Waals surface area (Å²) in [5, 5.41) is 3.18. The molecule has 6 nitrogen and oxygen atoms in total. The van der Waals surface area contributed by atoms with Crippen molar-refractivity contribution in [3.05, 3.63) is 71.4 Å². The number of hydrogen-bond donors (Lipinski definition) is 2. The van der Waals surface area contributed by atoms with E-state index in [-0.39, 0.29) is 0 Å². The van der Waals surface area contributed by atoms with Crippen LogP contribution in [0.2, 0.25) is 0 Å². The van der Waals surface area contributed by atoms with E-state index in [2.05, 4.69) is 38.5 Å². The fourth-order valence-electron chi connectivity index (χ4n) is 3.29. The van der Waals surface area contributed by atoms with Gasteiger partial charge in [0.25, 0.3) is 0 Å². The summed E-state index contributed by atoms with van der Waals surface area (Å²) in [4.78, 5) is 13.1. The van der Waals surface area contributed by atoms with Gasteiger partial charge in [0.05, 0.1) is 6.54 Å². The molecule has 0 unspecified atom stereocenters. The summed E-state index contributed by atoms with van der Waals surface area (Å²) in [6.45, 7) is 2.44. The molecule has 0 saturated heterocycles. The predicted molar refractivity (Wildman–Crippen MR) is 104 cm³/mol. The highest BCUT2D eigenvalue weighted by molar-refractivity contribution is 5.92. The number of nitrogens with zero attached hydrogens (tertiary/aromatic N) is 4. The predicted octanol–water partition coefficient (Wildman–Crippen LogP) is 2.99. The van der Waals surface area contributed by atoms with Crippen molar-refractivity contribution in [1.82, 2.24) is 14.5 Å². The van der Waals surface area contributed by atoms with E-state index in [4.69, 9.17) is 5.73 Å². The van der Waals surface area contributed by atoms with Crippen LogP contribution in [-0.4, -0.2) is 20.5 Å². The number of benzene rings is 1. The standard InChI is InChI=1S/C20H22N6/c1-14-22-9-10-26(14)19-8-5-15(12-23-19)13-24-20(21)25-18-7-6-16-3-2-4-17(16)11-18/h5-12H,2-4,13H2,1H3,(H3,21,24,25). The number of aliphatic imine (C=N–C) groups is 1. The molecule has 6 heteroatoms. The average Bonchev–Trinajstić information content (AvgIpc) is 3.29. The van der Waals surface area contributed by atoms with E-state index in [0.29, 0.717) is 12.5 Å². The third-order valence-corrected chi connectivity index (χ3v) is 4.68. The highest BCUT2D eigenvalue weighted by Gasteiger charge is 2.10. The monoisotopic (exact) mass is 346 g/mol. The van der Waals surface area contributed by atoms with E-state index in [0.717, 1.165) is 29.3 Å². The van der Waals surface area contributed by atoms with Crippen LogP contribution in [0.3, 0.4) is 0 Å². The van der Waals surface area contributed by atoms with Crippen LogP contribution < -0.4 is 11.1 Å². The molecule has 2 aromatic heterocycles. The number of nitrogens with two attached hydrogens (primary N) is 1. The van der Waals surface area contributed by atoms with Crippen molar-refractivity contribution in [2.45, 2.75) is 32.7 Å². The van der Waals surface area contributed by atoms with Gasteiger partial charge < -0.3 is 11.1 Å². The van der Waals surface area contributed by atoms with Crippen molar-refractivity contribution in [2.75, 3.05) is 5.32 Å². The summed E-state index contributed by atoms with van der Waals surface area (Å²) < 4.78 is 1.94. The minimum Gasteiger partial charge on any atom is -0.370 e. The zero-order chi connectivity index (χ0) is 17.9. The minimum absolute atomic E-state index is 0.414. The number of aryl methyl sites for hydroxylation is 3. The van der Waals surface area contributed by atoms with Crippen LogP contribution in [0.4, 0.5) is 5.69 Å². The fourth-order valence-corrected chi connectivity index (χ4v) is 3.29. The van der Waals surface area contributed by atoms with Gasteiger partial charge in [-0.2, -0.15) is 0 Å². The second kappa shape index (κ2) is 7.00. The maximum atomic E-state index is 6.03. The summed E-state index contributed by atoms with van der Waals surface area (Å²) in [7, 11) is 0. The molecule has 0 aliphatic heterocycles. The molecule has 2 heterocycles. The van der Waals surface area contributed by atoms with Gasteiger partial charge in [-0.15, -0.1) is 0 Å². The van der Waals surface area contributed by atoms with E-state index >= 15 is 0 Å². The van der Waals surface area contributed by atoms with Gasteiger partial charge in [0, 0.05) is 24.3 Å². The Morgan fingerprint density at radius 1 is 1.19 bits per heavy atom. The number of imidazole rings is 1. The van der Waals surface area contributed by atoms with Crippen molar-refractivity contribution in [2.24, 2.45) is 10.7 Å². The molecule has 0 bridgehead atoms. The third kappa shape index (κ3) is 3.44. The van der Waals surface area contributed by atoms with Crippen LogP contribution in [0.25, 0.3) is 5.82 Å². The Hall–Kier alpha value is -3.15. The second-order valence-electron chi connectivity index (χ2n) is 6.53. The molecule has 26 heavy (non-hydrogen) atoms.